The molecule has 180 valence electrons. The molecule has 0 aromatic heterocycles. The summed E-state index contributed by atoms with van der Waals surface area (Å²) in [5.74, 6) is -1.74. The van der Waals surface area contributed by atoms with Gasteiger partial charge in [-0.05, 0) is 28.8 Å². The summed E-state index contributed by atoms with van der Waals surface area (Å²) >= 11 is 7.08. The first-order valence-corrected chi connectivity index (χ1v) is 12.1. The van der Waals surface area contributed by atoms with Gasteiger partial charge in [-0.15, -0.1) is 23.4 Å². The van der Waals surface area contributed by atoms with Gasteiger partial charge in [-0.3, -0.25) is 24.6 Å². The number of nitrogens with zero attached hydrogens (tertiary/aromatic N) is 2. The minimum atomic E-state index is -1.29. The number of halogens is 1. The zero-order chi connectivity index (χ0) is 25.1. The van der Waals surface area contributed by atoms with Gasteiger partial charge in [0.1, 0.15) is 17.1 Å². The van der Waals surface area contributed by atoms with Crippen molar-refractivity contribution in [2.45, 2.75) is 23.7 Å². The maximum atomic E-state index is 12.8. The van der Waals surface area contributed by atoms with Crippen molar-refractivity contribution in [1.82, 2.24) is 10.2 Å². The van der Waals surface area contributed by atoms with Gasteiger partial charge < -0.3 is 10.4 Å². The zero-order valence-electron chi connectivity index (χ0n) is 18.2. The maximum Gasteiger partial charge on any atom is 0.352 e. The van der Waals surface area contributed by atoms with Gasteiger partial charge in [0.2, 0.25) is 5.91 Å². The molecule has 2 heterocycles. The highest BCUT2D eigenvalue weighted by Gasteiger charge is 2.53. The molecular weight excluding hydrogens is 494 g/mol. The number of alkyl halides is 1. The molecule has 35 heavy (non-hydrogen) atoms. The van der Waals surface area contributed by atoms with Crippen LogP contribution in [0.5, 0.6) is 0 Å². The van der Waals surface area contributed by atoms with Gasteiger partial charge in [0.25, 0.3) is 11.6 Å². The number of nitro benzene ring substituents is 1. The van der Waals surface area contributed by atoms with Gasteiger partial charge >= 0.3 is 5.97 Å². The predicted octanol–water partition coefficient (Wildman–Crippen LogP) is 3.33. The number of benzene rings is 2. The number of hydrogen-bond acceptors (Lipinski definition) is 6. The minimum Gasteiger partial charge on any atom is -0.477 e. The van der Waals surface area contributed by atoms with Crippen LogP contribution in [0.4, 0.5) is 5.69 Å². The van der Waals surface area contributed by atoms with Gasteiger partial charge in [-0.2, -0.15) is 0 Å². The van der Waals surface area contributed by atoms with Crippen molar-refractivity contribution >= 4 is 52.9 Å². The summed E-state index contributed by atoms with van der Waals surface area (Å²) in [7, 11) is 0. The molecular formula is C24H20ClN3O6S. The molecule has 0 aliphatic carbocycles. The lowest BCUT2D eigenvalue weighted by atomic mass is 10.0. The number of amides is 2. The van der Waals surface area contributed by atoms with E-state index in [1.54, 1.807) is 24.3 Å². The van der Waals surface area contributed by atoms with Crippen molar-refractivity contribution in [3.63, 3.8) is 0 Å². The van der Waals surface area contributed by atoms with Crippen molar-refractivity contribution in [3.05, 3.63) is 92.7 Å². The van der Waals surface area contributed by atoms with Crippen LogP contribution in [0.15, 0.2) is 65.9 Å². The molecule has 2 atom stereocenters. The molecule has 2 aliphatic rings. The Balaban J connectivity index is 1.53. The molecule has 2 aliphatic heterocycles. The van der Waals surface area contributed by atoms with Crippen LogP contribution in [0, 0.1) is 10.1 Å². The van der Waals surface area contributed by atoms with E-state index in [9.17, 15) is 29.6 Å². The van der Waals surface area contributed by atoms with Crippen molar-refractivity contribution in [3.8, 4) is 0 Å². The third-order valence-electron chi connectivity index (χ3n) is 5.63. The number of fused-ring (bicyclic) bond motifs is 1. The Bertz CT molecular complexity index is 1260. The topological polar surface area (TPSA) is 130 Å². The van der Waals surface area contributed by atoms with Gasteiger partial charge in [-0.25, -0.2) is 4.79 Å². The molecule has 0 radical (unpaired) electrons. The quantitative estimate of drug-likeness (QED) is 0.239. The molecule has 11 heteroatoms. The zero-order valence-corrected chi connectivity index (χ0v) is 19.8. The van der Waals surface area contributed by atoms with Crippen LogP contribution in [-0.4, -0.2) is 49.9 Å². The summed E-state index contributed by atoms with van der Waals surface area (Å²) in [5.41, 5.74) is 1.68. The van der Waals surface area contributed by atoms with Crippen molar-refractivity contribution in [1.29, 1.82) is 0 Å². The van der Waals surface area contributed by atoms with Gasteiger partial charge in [0, 0.05) is 17.7 Å². The second-order valence-electron chi connectivity index (χ2n) is 7.91. The SMILES string of the molecule is O=C(Cc1ccccc1)N[C@@H]1C(=O)N2C(C(=O)O)=C(/C=C/c3ccc(CCl)cc3[N+](=O)[O-])CS[C@H]12. The highest BCUT2D eigenvalue weighted by atomic mass is 35.5. The Morgan fingerprint density at radius 1 is 1.20 bits per heavy atom. The first-order valence-electron chi connectivity index (χ1n) is 10.6. The summed E-state index contributed by atoms with van der Waals surface area (Å²) in [6.07, 6.45) is 3.04. The molecule has 2 aromatic rings. The molecule has 4 rings (SSSR count). The normalized spacial score (nSPS) is 19.3. The van der Waals surface area contributed by atoms with E-state index < -0.39 is 28.2 Å². The molecule has 0 spiro atoms. The molecule has 0 saturated carbocycles. The smallest absolute Gasteiger partial charge is 0.352 e. The van der Waals surface area contributed by atoms with E-state index in [4.69, 9.17) is 11.6 Å². The molecule has 2 N–H and O–H groups in total. The second-order valence-corrected chi connectivity index (χ2v) is 9.29. The molecule has 1 saturated heterocycles. The predicted molar refractivity (Wildman–Crippen MR) is 132 cm³/mol. The molecule has 0 unspecified atom stereocenters. The van der Waals surface area contributed by atoms with E-state index in [2.05, 4.69) is 5.32 Å². The Hall–Kier alpha value is -3.63. The molecule has 2 amide bonds. The number of aliphatic carboxylic acids is 1. The van der Waals surface area contributed by atoms with Crippen LogP contribution < -0.4 is 5.32 Å². The number of carboxylic acids is 1. The summed E-state index contributed by atoms with van der Waals surface area (Å²) in [6.45, 7) is 0. The van der Waals surface area contributed by atoms with Crippen LogP contribution in [0.1, 0.15) is 16.7 Å². The third-order valence-corrected chi connectivity index (χ3v) is 7.25. The average Bonchev–Trinajstić information content (AvgIpc) is 2.85. The average molecular weight is 514 g/mol. The lowest BCUT2D eigenvalue weighted by Crippen LogP contribution is -2.70. The standard InChI is InChI=1S/C24H20ClN3O6S/c25-12-15-6-7-16(18(10-15)28(33)34)8-9-17-13-35-23-20(22(30)27(23)21(17)24(31)32)26-19(29)11-14-4-2-1-3-5-14/h1-10,20,23H,11-13H2,(H,26,29)(H,31,32)/b9-8+/t20-,23-/m1/s1. The third kappa shape index (κ3) is 5.08. The van der Waals surface area contributed by atoms with E-state index in [1.807, 2.05) is 18.2 Å². The van der Waals surface area contributed by atoms with Gasteiger partial charge in [0.15, 0.2) is 0 Å². The Morgan fingerprint density at radius 3 is 2.60 bits per heavy atom. The number of thioether (sulfide) groups is 1. The lowest BCUT2D eigenvalue weighted by Gasteiger charge is -2.49. The fraction of sp³-hybridized carbons (Fsp3) is 0.208. The van der Waals surface area contributed by atoms with Crippen LogP contribution in [0.25, 0.3) is 6.08 Å². The second kappa shape index (κ2) is 10.3. The number of nitro groups is 1. The number of carboxylic acid groups (broad SMARTS) is 1. The number of nitrogens with one attached hydrogen (secondary N) is 1. The summed E-state index contributed by atoms with van der Waals surface area (Å²) in [4.78, 5) is 49.3. The van der Waals surface area contributed by atoms with Crippen LogP contribution in [0.3, 0.4) is 0 Å². The first-order chi connectivity index (χ1) is 16.8. The largest absolute Gasteiger partial charge is 0.477 e. The van der Waals surface area contributed by atoms with Crippen LogP contribution >= 0.6 is 23.4 Å². The maximum absolute atomic E-state index is 12.8. The number of carbonyl (C=O) groups is 3. The fourth-order valence-electron chi connectivity index (χ4n) is 3.94. The summed E-state index contributed by atoms with van der Waals surface area (Å²) in [5, 5.41) is 23.4. The highest BCUT2D eigenvalue weighted by Crippen LogP contribution is 2.41. The van der Waals surface area contributed by atoms with E-state index >= 15 is 0 Å². The van der Waals surface area contributed by atoms with Crippen LogP contribution in [0.2, 0.25) is 0 Å². The number of rotatable bonds is 8. The van der Waals surface area contributed by atoms with Gasteiger partial charge in [0.05, 0.1) is 16.9 Å². The highest BCUT2D eigenvalue weighted by molar-refractivity contribution is 8.00. The molecule has 2 aromatic carbocycles. The molecule has 1 fully saturated rings. The van der Waals surface area contributed by atoms with E-state index in [0.29, 0.717) is 11.1 Å². The van der Waals surface area contributed by atoms with Gasteiger partial charge in [-0.1, -0.05) is 42.5 Å². The lowest BCUT2D eigenvalue weighted by molar-refractivity contribution is -0.385. The van der Waals surface area contributed by atoms with E-state index in [-0.39, 0.29) is 40.9 Å². The van der Waals surface area contributed by atoms with Crippen molar-refractivity contribution < 1.29 is 24.4 Å². The Labute approximate surface area is 209 Å². The fourth-order valence-corrected chi connectivity index (χ4v) is 5.42. The monoisotopic (exact) mass is 513 g/mol. The van der Waals surface area contributed by atoms with Crippen molar-refractivity contribution in [2.75, 3.05) is 5.75 Å². The summed E-state index contributed by atoms with van der Waals surface area (Å²) in [6, 6.07) is 12.8. The first kappa shape index (κ1) is 24.5. The molecule has 0 bridgehead atoms. The van der Waals surface area contributed by atoms with Crippen molar-refractivity contribution in [2.24, 2.45) is 0 Å². The number of carbonyl (C=O) groups excluding carboxylic acids is 2. The van der Waals surface area contributed by atoms with E-state index in [1.165, 1.54) is 30.0 Å². The number of allylic oxidation sites excluding steroid dienone is 1. The molecule has 9 nitrogen and oxygen atoms in total. The van der Waals surface area contributed by atoms with Crippen LogP contribution in [-0.2, 0) is 26.7 Å². The Kier molecular flexibility index (Phi) is 7.23. The number of hydrogen-bond donors (Lipinski definition) is 2. The minimum absolute atomic E-state index is 0.110. The van der Waals surface area contributed by atoms with E-state index in [0.717, 1.165) is 10.5 Å². The Morgan fingerprint density at radius 2 is 1.94 bits per heavy atom. The summed E-state index contributed by atoms with van der Waals surface area (Å²) < 4.78 is 0. The number of β-lactam (4-membered cyclic amide) rings is 1.